The van der Waals surface area contributed by atoms with Crippen LogP contribution in [-0.4, -0.2) is 51.7 Å². The van der Waals surface area contributed by atoms with Gasteiger partial charge in [-0.3, -0.25) is 14.5 Å². The third-order valence-electron chi connectivity index (χ3n) is 3.25. The van der Waals surface area contributed by atoms with Crippen LogP contribution in [0.3, 0.4) is 0 Å². The number of carbonyl (C=O) groups excluding carboxylic acids is 3. The molecular weight excluding hydrogens is 309 g/mol. The second kappa shape index (κ2) is 7.15. The summed E-state index contributed by atoms with van der Waals surface area (Å²) >= 11 is 1.34. The fourth-order valence-corrected chi connectivity index (χ4v) is 3.81. The average Bonchev–Trinajstić information content (AvgIpc) is 2.34. The zero-order chi connectivity index (χ0) is 15.0. The van der Waals surface area contributed by atoms with Crippen molar-refractivity contribution in [1.82, 2.24) is 4.90 Å². The zero-order valence-corrected chi connectivity index (χ0v) is 14.8. The van der Waals surface area contributed by atoms with E-state index in [2.05, 4.69) is 0 Å². The Morgan fingerprint density at radius 1 is 1.57 bits per heavy atom. The third kappa shape index (κ3) is 3.45. The van der Waals surface area contributed by atoms with Crippen LogP contribution in [0.15, 0.2) is 11.3 Å². The fraction of sp³-hybridized carbons (Fsp3) is 0.583. The molecule has 7 nitrogen and oxygen atoms in total. The van der Waals surface area contributed by atoms with Gasteiger partial charge in [0.1, 0.15) is 6.61 Å². The Balaban J connectivity index is 0.00000220. The van der Waals surface area contributed by atoms with Crippen molar-refractivity contribution in [2.75, 3.05) is 12.4 Å². The molecule has 0 aromatic heterocycles. The number of hydrogen-bond acceptors (Lipinski definition) is 7. The summed E-state index contributed by atoms with van der Waals surface area (Å²) in [6.45, 7) is 2.54. The van der Waals surface area contributed by atoms with E-state index in [1.54, 1.807) is 0 Å². The molecule has 9 heteroatoms. The first-order valence-electron chi connectivity index (χ1n) is 6.04. The Morgan fingerprint density at radius 3 is 2.67 bits per heavy atom. The van der Waals surface area contributed by atoms with E-state index in [-0.39, 0.29) is 41.9 Å². The number of thioether (sulfide) groups is 1. The Morgan fingerprint density at radius 2 is 2.19 bits per heavy atom. The van der Waals surface area contributed by atoms with Gasteiger partial charge in [-0.1, -0.05) is 0 Å². The number of β-lactam (4-membered cyclic amide) rings is 1. The molecule has 1 fully saturated rings. The maximum absolute atomic E-state index is 12.0. The Labute approximate surface area is 148 Å². The minimum atomic E-state index is -1.48. The number of amides is 1. The van der Waals surface area contributed by atoms with Crippen LogP contribution in [0.1, 0.15) is 13.8 Å². The van der Waals surface area contributed by atoms with Gasteiger partial charge in [-0.25, -0.2) is 0 Å². The summed E-state index contributed by atoms with van der Waals surface area (Å²) in [5, 5.41) is 20.4. The average molecular weight is 323 g/mol. The molecule has 0 aliphatic carbocycles. The molecule has 0 bridgehead atoms. The van der Waals surface area contributed by atoms with Gasteiger partial charge in [0, 0.05) is 18.2 Å². The summed E-state index contributed by atoms with van der Waals surface area (Å²) < 4.78 is 4.79. The number of carboxylic acid groups (broad SMARTS) is 1. The van der Waals surface area contributed by atoms with E-state index in [9.17, 15) is 24.6 Å². The first-order chi connectivity index (χ1) is 9.34. The van der Waals surface area contributed by atoms with E-state index in [0.29, 0.717) is 11.3 Å². The normalized spacial score (nSPS) is 25.5. The summed E-state index contributed by atoms with van der Waals surface area (Å²) in [5.74, 6) is -2.75. The minimum absolute atomic E-state index is 0. The number of nitrogens with zero attached hydrogens (tertiary/aromatic N) is 1. The smallest absolute Gasteiger partial charge is 0.543 e. The second-order valence-electron chi connectivity index (χ2n) is 4.70. The van der Waals surface area contributed by atoms with Gasteiger partial charge in [0.05, 0.1) is 29.1 Å². The maximum Gasteiger partial charge on any atom is 1.00 e. The quantitative estimate of drug-likeness (QED) is 0.315. The van der Waals surface area contributed by atoms with Crippen LogP contribution in [-0.2, 0) is 19.1 Å². The van der Waals surface area contributed by atoms with E-state index >= 15 is 0 Å². The molecule has 0 saturated carbocycles. The number of ether oxygens (including phenoxy) is 1. The molecule has 0 radical (unpaired) electrons. The maximum atomic E-state index is 12.0. The number of rotatable bonds is 4. The Kier molecular flexibility index (Phi) is 6.30. The van der Waals surface area contributed by atoms with Gasteiger partial charge in [0.15, 0.2) is 0 Å². The van der Waals surface area contributed by atoms with Crippen LogP contribution in [0, 0.1) is 5.92 Å². The number of fused-ring (bicyclic) bond motifs is 1. The molecule has 2 heterocycles. The predicted octanol–water partition coefficient (Wildman–Crippen LogP) is -4.53. The van der Waals surface area contributed by atoms with Gasteiger partial charge in [0.2, 0.25) is 5.91 Å². The van der Waals surface area contributed by atoms with Crippen LogP contribution in [0.4, 0.5) is 0 Å². The Hall–Kier alpha value is -0.540. The molecule has 2 aliphatic heterocycles. The summed E-state index contributed by atoms with van der Waals surface area (Å²) in [5.41, 5.74) is 0.0933. The van der Waals surface area contributed by atoms with Crippen LogP contribution >= 0.6 is 11.8 Å². The number of hydrogen-bond donors (Lipinski definition) is 1. The van der Waals surface area contributed by atoms with Crippen molar-refractivity contribution in [2.45, 2.75) is 25.3 Å². The third-order valence-corrected chi connectivity index (χ3v) is 4.61. The molecule has 1 N–H and O–H groups in total. The summed E-state index contributed by atoms with van der Waals surface area (Å²) in [6, 6.07) is 0. The van der Waals surface area contributed by atoms with Crippen molar-refractivity contribution < 1.29 is 58.9 Å². The molecule has 2 aliphatic rings. The predicted molar refractivity (Wildman–Crippen MR) is 66.9 cm³/mol. The van der Waals surface area contributed by atoms with Gasteiger partial charge in [-0.2, -0.15) is 0 Å². The van der Waals surface area contributed by atoms with E-state index in [4.69, 9.17) is 4.74 Å². The van der Waals surface area contributed by atoms with Crippen molar-refractivity contribution in [2.24, 2.45) is 5.92 Å². The van der Waals surface area contributed by atoms with Gasteiger partial charge in [0.25, 0.3) is 0 Å². The molecule has 110 valence electrons. The van der Waals surface area contributed by atoms with Crippen molar-refractivity contribution in [3.8, 4) is 0 Å². The molecule has 21 heavy (non-hydrogen) atoms. The number of carboxylic acids is 1. The second-order valence-corrected chi connectivity index (χ2v) is 5.80. The molecule has 2 rings (SSSR count). The molecule has 0 aromatic carbocycles. The standard InChI is InChI=1S/C12H15NO6S.Na/c1-5(14)8-10(16)13-9(12(17)18)7(3-19-6(2)15)4-20-11(8)13;/h5,8,11,14H,3-4H2,1-2H3,(H,17,18);/q;+1/p-1/t5?,8-,11-;/m1./s1. The molecule has 1 unspecified atom stereocenters. The van der Waals surface area contributed by atoms with Gasteiger partial charge in [-0.15, -0.1) is 11.8 Å². The van der Waals surface area contributed by atoms with Gasteiger partial charge < -0.3 is 19.7 Å². The number of aliphatic hydroxyl groups excluding tert-OH is 1. The first-order valence-corrected chi connectivity index (χ1v) is 7.09. The largest absolute Gasteiger partial charge is 1.00 e. The number of aliphatic hydroxyl groups is 1. The van der Waals surface area contributed by atoms with E-state index in [1.165, 1.54) is 25.6 Å². The molecule has 1 amide bonds. The van der Waals surface area contributed by atoms with Crippen LogP contribution in [0.5, 0.6) is 0 Å². The summed E-state index contributed by atoms with van der Waals surface area (Å²) in [6.07, 6.45) is -0.839. The molecule has 0 aromatic rings. The number of aliphatic carboxylic acids is 1. The summed E-state index contributed by atoms with van der Waals surface area (Å²) in [4.78, 5) is 35.1. The topological polar surface area (TPSA) is 107 Å². The van der Waals surface area contributed by atoms with E-state index in [1.807, 2.05) is 0 Å². The molecule has 1 saturated heterocycles. The van der Waals surface area contributed by atoms with E-state index < -0.39 is 35.2 Å². The summed E-state index contributed by atoms with van der Waals surface area (Å²) in [7, 11) is 0. The molecule has 0 spiro atoms. The van der Waals surface area contributed by atoms with E-state index in [0.717, 1.165) is 4.90 Å². The van der Waals surface area contributed by atoms with Crippen LogP contribution in [0.25, 0.3) is 0 Å². The van der Waals surface area contributed by atoms with Crippen LogP contribution in [0.2, 0.25) is 0 Å². The SMILES string of the molecule is CC(=O)OCC1=C(C(=O)[O-])N2C(=O)[C@@H](C(C)O)[C@H]2SC1.[Na+]. The van der Waals surface area contributed by atoms with Crippen molar-refractivity contribution in [3.05, 3.63) is 11.3 Å². The van der Waals surface area contributed by atoms with Crippen LogP contribution < -0.4 is 34.7 Å². The van der Waals surface area contributed by atoms with Gasteiger partial charge in [-0.05, 0) is 6.92 Å². The van der Waals surface area contributed by atoms with Crippen molar-refractivity contribution in [1.29, 1.82) is 0 Å². The number of esters is 1. The molecule has 3 atom stereocenters. The van der Waals surface area contributed by atoms with Gasteiger partial charge >= 0.3 is 35.5 Å². The monoisotopic (exact) mass is 323 g/mol. The Bertz CT molecular complexity index is 506. The number of carbonyl (C=O) groups is 3. The minimum Gasteiger partial charge on any atom is -0.543 e. The first kappa shape index (κ1) is 18.5. The zero-order valence-electron chi connectivity index (χ0n) is 12.0. The van der Waals surface area contributed by atoms with Crippen molar-refractivity contribution >= 4 is 29.6 Å². The molecular formula is C12H14NNaO6S. The van der Waals surface area contributed by atoms with Crippen molar-refractivity contribution in [3.63, 3.8) is 0 Å². The fourth-order valence-electron chi connectivity index (χ4n) is 2.31.